The maximum Gasteiger partial charge on any atom is 0.338 e. The van der Waals surface area contributed by atoms with Crippen LogP contribution in [0, 0.1) is 17.0 Å². The molecule has 0 aliphatic carbocycles. The Labute approximate surface area is 143 Å². The number of hydrogen-bond donors (Lipinski definition) is 0. The summed E-state index contributed by atoms with van der Waals surface area (Å²) < 4.78 is 10.6. The molecular formula is C17H17NO5S. The van der Waals surface area contributed by atoms with Crippen molar-refractivity contribution in [2.24, 2.45) is 0 Å². The Balaban J connectivity index is 1.92. The summed E-state index contributed by atoms with van der Waals surface area (Å²) in [7, 11) is 0. The summed E-state index contributed by atoms with van der Waals surface area (Å²) in [6.45, 7) is 2.20. The highest BCUT2D eigenvalue weighted by Gasteiger charge is 2.17. The normalized spacial score (nSPS) is 10.2. The third-order valence-electron chi connectivity index (χ3n) is 3.28. The average Bonchev–Trinajstić information content (AvgIpc) is 2.59. The summed E-state index contributed by atoms with van der Waals surface area (Å²) in [4.78, 5) is 23.0. The molecule has 6 nitrogen and oxygen atoms in total. The minimum absolute atomic E-state index is 0.0608. The number of esters is 1. The van der Waals surface area contributed by atoms with E-state index >= 15 is 0 Å². The predicted octanol–water partition coefficient (Wildman–Crippen LogP) is 3.86. The first kappa shape index (κ1) is 17.8. The first-order valence-corrected chi connectivity index (χ1v) is 8.43. The van der Waals surface area contributed by atoms with E-state index in [1.165, 1.54) is 23.9 Å². The van der Waals surface area contributed by atoms with Crippen LogP contribution in [0.15, 0.2) is 47.4 Å². The van der Waals surface area contributed by atoms with Crippen LogP contribution in [0.5, 0.6) is 5.75 Å². The zero-order valence-electron chi connectivity index (χ0n) is 13.4. The van der Waals surface area contributed by atoms with E-state index in [2.05, 4.69) is 0 Å². The Morgan fingerprint density at radius 3 is 2.62 bits per heavy atom. The lowest BCUT2D eigenvalue weighted by Crippen LogP contribution is -2.13. The van der Waals surface area contributed by atoms with Gasteiger partial charge in [0.05, 0.1) is 15.4 Å². The van der Waals surface area contributed by atoms with Gasteiger partial charge in [0.2, 0.25) is 0 Å². The number of para-hydroxylation sites is 1. The fraction of sp³-hybridized carbons (Fsp3) is 0.235. The van der Waals surface area contributed by atoms with Crippen molar-refractivity contribution >= 4 is 23.4 Å². The Morgan fingerprint density at radius 2 is 1.96 bits per heavy atom. The third kappa shape index (κ3) is 4.48. The Hall–Kier alpha value is -2.54. The molecule has 0 amide bonds. The molecule has 0 aliphatic rings. The summed E-state index contributed by atoms with van der Waals surface area (Å²) in [6, 6.07) is 11.8. The summed E-state index contributed by atoms with van der Waals surface area (Å²) in [5, 5.41) is 11.0. The number of carbonyl (C=O) groups excluding carboxylic acids is 1. The zero-order chi connectivity index (χ0) is 17.5. The van der Waals surface area contributed by atoms with Gasteiger partial charge in [-0.1, -0.05) is 18.2 Å². The van der Waals surface area contributed by atoms with Gasteiger partial charge in [0.15, 0.2) is 0 Å². The largest absolute Gasteiger partial charge is 0.490 e. The van der Waals surface area contributed by atoms with Crippen LogP contribution in [0.4, 0.5) is 5.69 Å². The molecule has 0 saturated heterocycles. The summed E-state index contributed by atoms with van der Waals surface area (Å²) >= 11 is 1.25. The first-order valence-electron chi connectivity index (χ1n) is 7.21. The van der Waals surface area contributed by atoms with Gasteiger partial charge in [-0.2, -0.15) is 0 Å². The molecule has 0 radical (unpaired) electrons. The molecule has 0 heterocycles. The van der Waals surface area contributed by atoms with Crippen LogP contribution in [-0.2, 0) is 4.74 Å². The maximum atomic E-state index is 12.0. The van der Waals surface area contributed by atoms with Gasteiger partial charge in [-0.3, -0.25) is 10.1 Å². The second kappa shape index (κ2) is 8.35. The Bertz CT molecular complexity index is 748. The van der Waals surface area contributed by atoms with Crippen molar-refractivity contribution in [3.05, 3.63) is 63.7 Å². The number of carbonyl (C=O) groups is 1. The van der Waals surface area contributed by atoms with Gasteiger partial charge >= 0.3 is 5.97 Å². The molecule has 2 aromatic carbocycles. The highest BCUT2D eigenvalue weighted by Crippen LogP contribution is 2.28. The number of rotatable bonds is 7. The van der Waals surface area contributed by atoms with Crippen LogP contribution in [0.3, 0.4) is 0 Å². The minimum atomic E-state index is -0.612. The van der Waals surface area contributed by atoms with Crippen molar-refractivity contribution in [3.8, 4) is 5.75 Å². The van der Waals surface area contributed by atoms with E-state index < -0.39 is 10.9 Å². The minimum Gasteiger partial charge on any atom is -0.490 e. The topological polar surface area (TPSA) is 78.7 Å². The molecule has 0 unspecified atom stereocenters. The molecule has 0 spiro atoms. The van der Waals surface area contributed by atoms with Crippen molar-refractivity contribution < 1.29 is 19.2 Å². The second-order valence-electron chi connectivity index (χ2n) is 4.89. The molecular weight excluding hydrogens is 330 g/mol. The molecule has 0 aromatic heterocycles. The number of nitro benzene ring substituents is 1. The van der Waals surface area contributed by atoms with E-state index in [9.17, 15) is 14.9 Å². The smallest absolute Gasteiger partial charge is 0.338 e. The summed E-state index contributed by atoms with van der Waals surface area (Å²) in [5.74, 6) is 0.118. The van der Waals surface area contributed by atoms with Crippen molar-refractivity contribution in [2.75, 3.05) is 19.5 Å². The molecule has 24 heavy (non-hydrogen) atoms. The highest BCUT2D eigenvalue weighted by molar-refractivity contribution is 7.98. The summed E-state index contributed by atoms with van der Waals surface area (Å²) in [6.07, 6.45) is 1.74. The van der Waals surface area contributed by atoms with Crippen molar-refractivity contribution in [1.82, 2.24) is 0 Å². The number of nitro groups is 1. The molecule has 0 bridgehead atoms. The fourth-order valence-corrected chi connectivity index (χ4v) is 2.59. The quantitative estimate of drug-likeness (QED) is 0.249. The third-order valence-corrected chi connectivity index (χ3v) is 4.06. The number of aryl methyl sites for hydroxylation is 1. The monoisotopic (exact) mass is 347 g/mol. The van der Waals surface area contributed by atoms with Gasteiger partial charge in [0.25, 0.3) is 5.69 Å². The van der Waals surface area contributed by atoms with Crippen LogP contribution in [0.1, 0.15) is 15.9 Å². The standard InChI is InChI=1S/C17H17NO5S/c1-12-5-3-4-6-15(12)22-9-10-23-17(19)13-7-8-16(24-2)14(11-13)18(20)21/h3-8,11H,9-10H2,1-2H3. The zero-order valence-corrected chi connectivity index (χ0v) is 14.2. The van der Waals surface area contributed by atoms with E-state index in [1.54, 1.807) is 12.3 Å². The average molecular weight is 347 g/mol. The van der Waals surface area contributed by atoms with Gasteiger partial charge < -0.3 is 9.47 Å². The fourth-order valence-electron chi connectivity index (χ4n) is 2.05. The molecule has 0 N–H and O–H groups in total. The molecule has 7 heteroatoms. The van der Waals surface area contributed by atoms with Crippen LogP contribution in [0.2, 0.25) is 0 Å². The molecule has 0 atom stereocenters. The lowest BCUT2D eigenvalue weighted by Gasteiger charge is -2.09. The van der Waals surface area contributed by atoms with Crippen molar-refractivity contribution in [3.63, 3.8) is 0 Å². The van der Waals surface area contributed by atoms with Gasteiger partial charge in [-0.05, 0) is 36.9 Å². The molecule has 0 saturated carbocycles. The van der Waals surface area contributed by atoms with Crippen molar-refractivity contribution in [2.45, 2.75) is 11.8 Å². The maximum absolute atomic E-state index is 12.0. The van der Waals surface area contributed by atoms with Gasteiger partial charge in [-0.15, -0.1) is 11.8 Å². The highest BCUT2D eigenvalue weighted by atomic mass is 32.2. The lowest BCUT2D eigenvalue weighted by molar-refractivity contribution is -0.387. The molecule has 0 fully saturated rings. The lowest BCUT2D eigenvalue weighted by atomic mass is 10.2. The van der Waals surface area contributed by atoms with Crippen LogP contribution < -0.4 is 4.74 Å². The van der Waals surface area contributed by atoms with Gasteiger partial charge in [-0.25, -0.2) is 4.79 Å². The number of ether oxygens (including phenoxy) is 2. The van der Waals surface area contributed by atoms with Crippen LogP contribution in [-0.4, -0.2) is 30.4 Å². The number of nitrogens with zero attached hydrogens (tertiary/aromatic N) is 1. The first-order chi connectivity index (χ1) is 11.5. The van der Waals surface area contributed by atoms with Gasteiger partial charge in [0.1, 0.15) is 19.0 Å². The number of benzene rings is 2. The molecule has 2 rings (SSSR count). The van der Waals surface area contributed by atoms with Crippen LogP contribution >= 0.6 is 11.8 Å². The molecule has 0 aliphatic heterocycles. The molecule has 2 aromatic rings. The van der Waals surface area contributed by atoms with Crippen molar-refractivity contribution in [1.29, 1.82) is 0 Å². The Kier molecular flexibility index (Phi) is 6.20. The van der Waals surface area contributed by atoms with Gasteiger partial charge in [0, 0.05) is 6.07 Å². The Morgan fingerprint density at radius 1 is 1.21 bits per heavy atom. The van der Waals surface area contributed by atoms with E-state index in [4.69, 9.17) is 9.47 Å². The number of thioether (sulfide) groups is 1. The second-order valence-corrected chi connectivity index (χ2v) is 5.74. The van der Waals surface area contributed by atoms with E-state index in [-0.39, 0.29) is 24.5 Å². The summed E-state index contributed by atoms with van der Waals surface area (Å²) in [5.41, 5.74) is 1.04. The number of hydrogen-bond acceptors (Lipinski definition) is 6. The molecule has 126 valence electrons. The van der Waals surface area contributed by atoms with E-state index in [0.717, 1.165) is 11.3 Å². The predicted molar refractivity (Wildman–Crippen MR) is 91.8 cm³/mol. The van der Waals surface area contributed by atoms with Crippen LogP contribution in [0.25, 0.3) is 0 Å². The van der Waals surface area contributed by atoms with E-state index in [0.29, 0.717) is 4.90 Å². The van der Waals surface area contributed by atoms with E-state index in [1.807, 2.05) is 31.2 Å². The SMILES string of the molecule is CSc1ccc(C(=O)OCCOc2ccccc2C)cc1[N+](=O)[O-].